The van der Waals surface area contributed by atoms with Gasteiger partial charge in [-0.15, -0.1) is 0 Å². The quantitative estimate of drug-likeness (QED) is 0.165. The maximum Gasteiger partial charge on any atom is 0.312 e. The predicted octanol–water partition coefficient (Wildman–Crippen LogP) is 9.06. The van der Waals surface area contributed by atoms with Gasteiger partial charge in [-0.25, -0.2) is 0 Å². The molecule has 1 N–H and O–H groups in total. The lowest BCUT2D eigenvalue weighted by molar-refractivity contribution is -0.384. The van der Waals surface area contributed by atoms with Gasteiger partial charge in [-0.1, -0.05) is 60.1 Å². The van der Waals surface area contributed by atoms with Crippen molar-refractivity contribution in [3.8, 4) is 0 Å². The Morgan fingerprint density at radius 2 is 1.72 bits per heavy atom. The molecule has 6 nitrogen and oxygen atoms in total. The van der Waals surface area contributed by atoms with Crippen molar-refractivity contribution in [1.29, 1.82) is 0 Å². The highest BCUT2D eigenvalue weighted by Crippen LogP contribution is 2.75. The first-order valence-electron chi connectivity index (χ1n) is 16.6. The summed E-state index contributed by atoms with van der Waals surface area (Å²) >= 11 is 0. The van der Waals surface area contributed by atoms with Gasteiger partial charge in [0.15, 0.2) is 0 Å². The van der Waals surface area contributed by atoms with Gasteiger partial charge in [0.25, 0.3) is 5.69 Å². The maximum atomic E-state index is 13.6. The van der Waals surface area contributed by atoms with E-state index in [9.17, 15) is 14.9 Å². The third-order valence-corrected chi connectivity index (χ3v) is 14.7. The molecule has 0 saturated heterocycles. The van der Waals surface area contributed by atoms with Crippen molar-refractivity contribution < 1.29 is 14.5 Å². The summed E-state index contributed by atoms with van der Waals surface area (Å²) in [5.41, 5.74) is 5.27. The number of hydrogen-bond donors (Lipinski definition) is 1. The van der Waals surface area contributed by atoms with Crippen LogP contribution in [0.5, 0.6) is 0 Å². The second kappa shape index (κ2) is 8.75. The zero-order chi connectivity index (χ0) is 31.0. The lowest BCUT2D eigenvalue weighted by atomic mass is 9.33. The minimum absolute atomic E-state index is 0.0139. The molecule has 6 heteroatoms. The van der Waals surface area contributed by atoms with Crippen LogP contribution >= 0.6 is 0 Å². The maximum absolute atomic E-state index is 13.6. The van der Waals surface area contributed by atoms with Crippen molar-refractivity contribution in [2.24, 2.45) is 44.8 Å². The molecular weight excluding hydrogens is 536 g/mol. The number of nitro groups is 1. The predicted molar refractivity (Wildman–Crippen MR) is 170 cm³/mol. The SMILES string of the molecule is COC(=O)[C@]12CCC(C)(C)C[C@H]1C1=CC[C@@H]3[C@@]4(C)Cc5c([nH]c6cc([N+](=O)[O-])ccc56)C(C)(C)[C@@H]4CC[C@@]3(C)[C@]1(C)CC2. The molecule has 7 rings (SSSR count). The first kappa shape index (κ1) is 29.1. The van der Waals surface area contributed by atoms with Crippen molar-refractivity contribution in [2.75, 3.05) is 7.11 Å². The summed E-state index contributed by atoms with van der Waals surface area (Å²) in [6.45, 7) is 17.3. The van der Waals surface area contributed by atoms with E-state index in [2.05, 4.69) is 59.5 Å². The highest BCUT2D eigenvalue weighted by atomic mass is 16.6. The summed E-state index contributed by atoms with van der Waals surface area (Å²) in [7, 11) is 1.58. The van der Waals surface area contributed by atoms with Gasteiger partial charge in [-0.05, 0) is 109 Å². The summed E-state index contributed by atoms with van der Waals surface area (Å²) in [5.74, 6) is 1.30. The molecule has 43 heavy (non-hydrogen) atoms. The molecule has 1 aromatic heterocycles. The Balaban J connectivity index is 1.34. The molecular formula is C37H50N2O4. The van der Waals surface area contributed by atoms with Gasteiger partial charge in [0.2, 0.25) is 0 Å². The van der Waals surface area contributed by atoms with Crippen LogP contribution < -0.4 is 0 Å². The van der Waals surface area contributed by atoms with Gasteiger partial charge >= 0.3 is 5.97 Å². The number of nitro benzene ring substituents is 1. The number of hydrogen-bond acceptors (Lipinski definition) is 4. The van der Waals surface area contributed by atoms with Crippen molar-refractivity contribution in [2.45, 2.75) is 112 Å². The highest BCUT2D eigenvalue weighted by molar-refractivity contribution is 5.87. The summed E-state index contributed by atoms with van der Waals surface area (Å²) in [6, 6.07) is 5.36. The van der Waals surface area contributed by atoms with Crippen LogP contribution in [-0.2, 0) is 21.4 Å². The number of rotatable bonds is 2. The number of H-pyrrole nitrogens is 1. The van der Waals surface area contributed by atoms with E-state index in [4.69, 9.17) is 4.74 Å². The second-order valence-electron chi connectivity index (χ2n) is 17.2. The molecule has 0 radical (unpaired) electrons. The van der Waals surface area contributed by atoms with Gasteiger partial charge in [-0.2, -0.15) is 0 Å². The summed E-state index contributed by atoms with van der Waals surface area (Å²) in [6.07, 6.45) is 12.1. The van der Waals surface area contributed by atoms with Crippen LogP contribution in [0.2, 0.25) is 0 Å². The molecule has 7 atom stereocenters. The van der Waals surface area contributed by atoms with Crippen LogP contribution in [0, 0.1) is 54.9 Å². The minimum atomic E-state index is -0.381. The first-order valence-corrected chi connectivity index (χ1v) is 16.6. The molecule has 3 saturated carbocycles. The van der Waals surface area contributed by atoms with Gasteiger partial charge in [0.05, 0.1) is 23.0 Å². The number of aromatic amines is 1. The lowest BCUT2D eigenvalue weighted by Crippen LogP contribution is -2.64. The Hall–Kier alpha value is -2.63. The number of ether oxygens (including phenoxy) is 1. The number of benzene rings is 1. The fourth-order valence-corrected chi connectivity index (χ4v) is 12.3. The van der Waals surface area contributed by atoms with Crippen molar-refractivity contribution in [3.05, 3.63) is 51.2 Å². The minimum Gasteiger partial charge on any atom is -0.469 e. The fraction of sp³-hybridized carbons (Fsp3) is 0.703. The van der Waals surface area contributed by atoms with E-state index in [0.29, 0.717) is 11.8 Å². The highest BCUT2D eigenvalue weighted by Gasteiger charge is 2.69. The van der Waals surface area contributed by atoms with Crippen LogP contribution in [0.25, 0.3) is 10.9 Å². The molecule has 0 aliphatic heterocycles. The monoisotopic (exact) mass is 586 g/mol. The third-order valence-electron chi connectivity index (χ3n) is 14.7. The number of nitrogens with zero attached hydrogens (tertiary/aromatic N) is 1. The molecule has 5 aliphatic carbocycles. The van der Waals surface area contributed by atoms with Gasteiger partial charge in [0, 0.05) is 28.6 Å². The molecule has 0 amide bonds. The second-order valence-corrected chi connectivity index (χ2v) is 17.2. The van der Waals surface area contributed by atoms with E-state index >= 15 is 0 Å². The normalized spacial score (nSPS) is 40.7. The van der Waals surface area contributed by atoms with E-state index in [0.717, 1.165) is 55.8 Å². The third kappa shape index (κ3) is 3.55. The Morgan fingerprint density at radius 3 is 2.42 bits per heavy atom. The number of methoxy groups -OCH3 is 1. The average molecular weight is 587 g/mol. The van der Waals surface area contributed by atoms with Gasteiger partial charge in [-0.3, -0.25) is 14.9 Å². The standard InChI is InChI=1S/C37H50N2O4/c1-32(2)15-17-37(31(40)43-8)18-16-35(6)25(26(37)21-32)11-12-29-34(5)20-24-23-10-9-22(39(41)42)19-27(23)38-30(24)33(3,4)28(34)13-14-36(29,35)7/h9-11,19,26,28-29,38H,12-18,20-21H2,1-8H3/t26-,28-,29+,34-,35+,36+,37-/m0/s1. The Morgan fingerprint density at radius 1 is 1.00 bits per heavy atom. The largest absolute Gasteiger partial charge is 0.469 e. The zero-order valence-electron chi connectivity index (χ0n) is 27.5. The fourth-order valence-electron chi connectivity index (χ4n) is 12.3. The van der Waals surface area contributed by atoms with E-state index in [1.807, 2.05) is 6.07 Å². The van der Waals surface area contributed by atoms with Crippen LogP contribution in [-0.4, -0.2) is 23.0 Å². The molecule has 3 fully saturated rings. The molecule has 0 unspecified atom stereocenters. The lowest BCUT2D eigenvalue weighted by Gasteiger charge is -2.70. The van der Waals surface area contributed by atoms with Crippen LogP contribution in [0.3, 0.4) is 0 Å². The Kier molecular flexibility index (Phi) is 5.92. The molecule has 5 aliphatic rings. The van der Waals surface area contributed by atoms with E-state index < -0.39 is 0 Å². The van der Waals surface area contributed by atoms with Crippen molar-refractivity contribution >= 4 is 22.6 Å². The number of nitrogens with one attached hydrogen (secondary N) is 1. The van der Waals surface area contributed by atoms with E-state index in [1.165, 1.54) is 24.1 Å². The average Bonchev–Trinajstić information content (AvgIpc) is 3.31. The van der Waals surface area contributed by atoms with Crippen LogP contribution in [0.4, 0.5) is 5.69 Å². The van der Waals surface area contributed by atoms with E-state index in [1.54, 1.807) is 24.8 Å². The number of aromatic nitrogens is 1. The molecule has 1 heterocycles. The Bertz CT molecular complexity index is 1580. The summed E-state index contributed by atoms with van der Waals surface area (Å²) in [4.78, 5) is 28.5. The number of fused-ring (bicyclic) bond motifs is 10. The molecule has 1 aromatic carbocycles. The van der Waals surface area contributed by atoms with Crippen LogP contribution in [0.15, 0.2) is 29.8 Å². The summed E-state index contributed by atoms with van der Waals surface area (Å²) < 4.78 is 5.55. The molecule has 232 valence electrons. The Labute approximate surface area is 256 Å². The molecule has 0 spiro atoms. The zero-order valence-corrected chi connectivity index (χ0v) is 27.5. The van der Waals surface area contributed by atoms with Gasteiger partial charge < -0.3 is 9.72 Å². The number of allylic oxidation sites excluding steroid dienone is 2. The number of carbonyl (C=O) groups is 1. The van der Waals surface area contributed by atoms with Crippen LogP contribution in [0.1, 0.15) is 111 Å². The number of non-ortho nitro benzene ring substituents is 1. The topological polar surface area (TPSA) is 85.2 Å². The smallest absolute Gasteiger partial charge is 0.312 e. The molecule has 0 bridgehead atoms. The summed E-state index contributed by atoms with van der Waals surface area (Å²) in [5, 5.41) is 12.7. The van der Waals surface area contributed by atoms with Gasteiger partial charge in [0.1, 0.15) is 0 Å². The number of carbonyl (C=O) groups excluding carboxylic acids is 1. The van der Waals surface area contributed by atoms with E-state index in [-0.39, 0.29) is 55.0 Å². The molecule has 2 aromatic rings. The van der Waals surface area contributed by atoms with Crippen molar-refractivity contribution in [3.63, 3.8) is 0 Å². The number of esters is 1. The first-order chi connectivity index (χ1) is 20.0. The van der Waals surface area contributed by atoms with Crippen molar-refractivity contribution in [1.82, 2.24) is 4.98 Å².